The molecule has 0 amide bonds. The Bertz CT molecular complexity index is 1730. The van der Waals surface area contributed by atoms with E-state index in [0.29, 0.717) is 11.4 Å². The molecular weight excluding hydrogens is 827 g/mol. The molecule has 46 heavy (non-hydrogen) atoms. The van der Waals surface area contributed by atoms with Gasteiger partial charge in [-0.25, -0.2) is 22.7 Å². The summed E-state index contributed by atoms with van der Waals surface area (Å²) in [5.41, 5.74) is -0.460. The van der Waals surface area contributed by atoms with Crippen molar-refractivity contribution in [3.05, 3.63) is 120 Å². The average Bonchev–Trinajstić information content (AvgIpc) is 3.61. The number of hydrogen-bond donors (Lipinski definition) is 0. The minimum Gasteiger partial charge on any atom is -0.876 e. The predicted octanol–water partition coefficient (Wildman–Crippen LogP) is 9.40. The second-order valence-corrected chi connectivity index (χ2v) is 11.4. The molecule has 0 atom stereocenters. The first-order chi connectivity index (χ1) is 21.2. The van der Waals surface area contributed by atoms with Crippen LogP contribution in [0.3, 0.4) is 0 Å². The number of alkyl halides is 6. The molecule has 0 bridgehead atoms. The summed E-state index contributed by atoms with van der Waals surface area (Å²) in [6, 6.07) is 26.5. The van der Waals surface area contributed by atoms with E-state index in [0.717, 1.165) is 60.5 Å². The van der Waals surface area contributed by atoms with E-state index >= 15 is 0 Å². The standard InChI is InChI=1S/2C14H7F3NS.C5H8O2.Ir/c2*15-14(16,17)10-5-6-11(18-8-10)13-7-9-3-1-2-4-12(9)19-13;1-4(6)3-5(2)7;/h2*1-6,8H;3,6H,1-2H3;/q2*-1;;+3/p-1/b;;4-3-;. The van der Waals surface area contributed by atoms with Gasteiger partial charge in [0.1, 0.15) is 0 Å². The Morgan fingerprint density at radius 3 is 1.35 bits per heavy atom. The molecule has 238 valence electrons. The first kappa shape index (κ1) is 36.6. The van der Waals surface area contributed by atoms with Gasteiger partial charge in [0.15, 0.2) is 5.78 Å². The number of hydrogen-bond acceptors (Lipinski definition) is 6. The van der Waals surface area contributed by atoms with Crippen LogP contribution in [-0.4, -0.2) is 15.8 Å². The molecule has 0 aliphatic heterocycles. The van der Waals surface area contributed by atoms with Crippen molar-refractivity contribution >= 4 is 48.6 Å². The summed E-state index contributed by atoms with van der Waals surface area (Å²) in [7, 11) is 0. The molecule has 0 radical (unpaired) electrons. The minimum atomic E-state index is -4.35. The summed E-state index contributed by atoms with van der Waals surface area (Å²) in [6.45, 7) is 2.70. The summed E-state index contributed by atoms with van der Waals surface area (Å²) in [6.07, 6.45) is -5.94. The number of allylic oxidation sites excluding steroid dienone is 2. The Morgan fingerprint density at radius 2 is 1.09 bits per heavy atom. The largest absolute Gasteiger partial charge is 3.00 e. The Morgan fingerprint density at radius 1 is 0.696 bits per heavy atom. The Kier molecular flexibility index (Phi) is 12.4. The smallest absolute Gasteiger partial charge is 0.876 e. The van der Waals surface area contributed by atoms with Gasteiger partial charge in [0.2, 0.25) is 0 Å². The van der Waals surface area contributed by atoms with Crippen molar-refractivity contribution < 1.29 is 56.3 Å². The normalized spacial score (nSPS) is 11.6. The fourth-order valence-electron chi connectivity index (χ4n) is 3.74. The van der Waals surface area contributed by atoms with Crippen LogP contribution < -0.4 is 5.11 Å². The molecule has 6 aromatic rings. The van der Waals surface area contributed by atoms with E-state index in [1.165, 1.54) is 48.7 Å². The summed E-state index contributed by atoms with van der Waals surface area (Å²) in [4.78, 5) is 19.2. The number of thiophene rings is 2. The molecule has 0 unspecified atom stereocenters. The van der Waals surface area contributed by atoms with Crippen molar-refractivity contribution in [3.63, 3.8) is 0 Å². The van der Waals surface area contributed by atoms with Gasteiger partial charge in [0, 0.05) is 23.8 Å². The second-order valence-electron chi connectivity index (χ2n) is 9.33. The van der Waals surface area contributed by atoms with E-state index in [1.54, 1.807) is 0 Å². The number of carbonyl (C=O) groups excluding carboxylic acids is 1. The number of halogens is 6. The molecule has 0 aliphatic carbocycles. The van der Waals surface area contributed by atoms with Gasteiger partial charge in [-0.1, -0.05) is 55.5 Å². The van der Waals surface area contributed by atoms with Crippen molar-refractivity contribution in [3.8, 4) is 21.1 Å². The maximum Gasteiger partial charge on any atom is 3.00 e. The van der Waals surface area contributed by atoms with Crippen LogP contribution in [-0.2, 0) is 37.3 Å². The molecule has 0 aliphatic rings. The van der Waals surface area contributed by atoms with Crippen LogP contribution in [0.1, 0.15) is 25.0 Å². The molecule has 0 fully saturated rings. The summed E-state index contributed by atoms with van der Waals surface area (Å²) in [5.74, 6) is -0.375. The predicted molar refractivity (Wildman–Crippen MR) is 162 cm³/mol. The van der Waals surface area contributed by atoms with E-state index in [9.17, 15) is 36.2 Å². The Balaban J connectivity index is 0.000000205. The molecule has 13 heteroatoms. The maximum absolute atomic E-state index is 12.4. The summed E-state index contributed by atoms with van der Waals surface area (Å²) >= 11 is 2.93. The third-order valence-electron chi connectivity index (χ3n) is 5.75. The molecule has 0 saturated carbocycles. The second kappa shape index (κ2) is 15.6. The number of aromatic nitrogens is 2. The molecule has 4 heterocycles. The van der Waals surface area contributed by atoms with E-state index in [2.05, 4.69) is 22.1 Å². The zero-order chi connectivity index (χ0) is 32.8. The van der Waals surface area contributed by atoms with Crippen molar-refractivity contribution in [1.29, 1.82) is 0 Å². The first-order valence-electron chi connectivity index (χ1n) is 13.0. The van der Waals surface area contributed by atoms with Crippen molar-refractivity contribution in [2.45, 2.75) is 26.2 Å². The number of pyridine rings is 2. The van der Waals surface area contributed by atoms with Gasteiger partial charge >= 0.3 is 32.5 Å². The van der Waals surface area contributed by atoms with Crippen molar-refractivity contribution in [2.24, 2.45) is 0 Å². The fraction of sp³-hybridized carbons (Fsp3) is 0.121. The van der Waals surface area contributed by atoms with Gasteiger partial charge in [-0.05, 0) is 32.2 Å². The van der Waals surface area contributed by atoms with Gasteiger partial charge in [-0.3, -0.25) is 4.79 Å². The van der Waals surface area contributed by atoms with Crippen molar-refractivity contribution in [2.75, 3.05) is 0 Å². The zero-order valence-electron chi connectivity index (χ0n) is 23.8. The molecule has 4 nitrogen and oxygen atoms in total. The van der Waals surface area contributed by atoms with Gasteiger partial charge < -0.3 is 15.1 Å². The SMILES string of the molecule is CC(=O)/C=C(/C)[O-].FC(F)(F)c1ccc(-c2[c-]c3ccccc3s2)nc1.FC(F)(F)c1ccc(-c2[c-]c3ccccc3s2)nc1.[Ir+3]. The van der Waals surface area contributed by atoms with E-state index in [1.807, 2.05) is 48.5 Å². The van der Waals surface area contributed by atoms with Gasteiger partial charge in [-0.15, -0.1) is 52.9 Å². The summed E-state index contributed by atoms with van der Waals surface area (Å²) in [5, 5.41) is 11.9. The monoisotopic (exact) mass is 848 g/mol. The number of fused-ring (bicyclic) bond motifs is 2. The number of rotatable bonds is 3. The molecule has 6 rings (SSSR count). The molecular formula is C33H21F6IrN2O2S2. The quantitative estimate of drug-likeness (QED) is 0.0771. The van der Waals surface area contributed by atoms with Crippen LogP contribution in [0.25, 0.3) is 41.3 Å². The Hall–Kier alpha value is -3.90. The molecule has 0 spiro atoms. The van der Waals surface area contributed by atoms with Crippen molar-refractivity contribution in [1.82, 2.24) is 9.97 Å². The van der Waals surface area contributed by atoms with Gasteiger partial charge in [0.25, 0.3) is 0 Å². The minimum absolute atomic E-state index is 0. The van der Waals surface area contributed by atoms with Crippen LogP contribution in [0.2, 0.25) is 0 Å². The topological polar surface area (TPSA) is 65.9 Å². The van der Waals surface area contributed by atoms with Crippen LogP contribution in [0.5, 0.6) is 0 Å². The van der Waals surface area contributed by atoms with Crippen LogP contribution in [0.4, 0.5) is 26.3 Å². The number of ketones is 1. The maximum atomic E-state index is 12.4. The summed E-state index contributed by atoms with van der Waals surface area (Å²) < 4.78 is 76.7. The molecule has 0 saturated heterocycles. The third kappa shape index (κ3) is 10.1. The van der Waals surface area contributed by atoms with Crippen LogP contribution >= 0.6 is 22.7 Å². The van der Waals surface area contributed by atoms with Gasteiger partial charge in [0.05, 0.1) is 11.1 Å². The first-order valence-corrected chi connectivity index (χ1v) is 14.6. The number of nitrogens with zero attached hydrogens (tertiary/aromatic N) is 2. The number of carbonyl (C=O) groups is 1. The van der Waals surface area contributed by atoms with E-state index < -0.39 is 23.5 Å². The average molecular weight is 848 g/mol. The van der Waals surface area contributed by atoms with E-state index in [-0.39, 0.29) is 31.6 Å². The van der Waals surface area contributed by atoms with Crippen LogP contribution in [0.15, 0.2) is 97.0 Å². The third-order valence-corrected chi connectivity index (χ3v) is 7.93. The molecule has 0 N–H and O–H groups in total. The Labute approximate surface area is 281 Å². The molecule has 4 aromatic heterocycles. The zero-order valence-corrected chi connectivity index (χ0v) is 27.8. The number of benzene rings is 2. The fourth-order valence-corrected chi connectivity index (χ4v) is 5.71. The van der Waals surface area contributed by atoms with Crippen LogP contribution in [0, 0.1) is 12.1 Å². The van der Waals surface area contributed by atoms with Gasteiger partial charge in [-0.2, -0.15) is 26.3 Å². The van der Waals surface area contributed by atoms with E-state index in [4.69, 9.17) is 0 Å². The molecule has 2 aromatic carbocycles.